The van der Waals surface area contributed by atoms with Crippen LogP contribution >= 0.6 is 0 Å². The van der Waals surface area contributed by atoms with E-state index in [-0.39, 0.29) is 0 Å². The van der Waals surface area contributed by atoms with Crippen molar-refractivity contribution in [2.75, 3.05) is 26.8 Å². The molecule has 2 aliphatic rings. The van der Waals surface area contributed by atoms with Crippen molar-refractivity contribution in [3.05, 3.63) is 0 Å². The molecule has 2 N–H and O–H groups in total. The van der Waals surface area contributed by atoms with Crippen LogP contribution < -0.4 is 5.73 Å². The van der Waals surface area contributed by atoms with Crippen LogP contribution in [0.3, 0.4) is 0 Å². The first kappa shape index (κ1) is 17.2. The summed E-state index contributed by atoms with van der Waals surface area (Å²) in [5, 5.41) is 0. The second-order valence-corrected chi connectivity index (χ2v) is 8.24. The molecule has 0 radical (unpaired) electrons. The van der Waals surface area contributed by atoms with Gasteiger partial charge in [-0.15, -0.1) is 0 Å². The number of ether oxygens (including phenoxy) is 1. The minimum absolute atomic E-state index is 0.468. The van der Waals surface area contributed by atoms with E-state index in [0.717, 1.165) is 37.6 Å². The number of hydrogen-bond donors (Lipinski definition) is 1. The van der Waals surface area contributed by atoms with Crippen molar-refractivity contribution in [1.82, 2.24) is 4.90 Å². The molecule has 3 nitrogen and oxygen atoms in total. The molecule has 2 fully saturated rings. The summed E-state index contributed by atoms with van der Waals surface area (Å²) in [6.45, 7) is 9.89. The van der Waals surface area contributed by atoms with E-state index in [1.165, 1.54) is 38.5 Å². The van der Waals surface area contributed by atoms with Gasteiger partial charge in [-0.1, -0.05) is 20.8 Å². The summed E-state index contributed by atoms with van der Waals surface area (Å²) < 4.78 is 5.31. The fraction of sp³-hybridized carbons (Fsp3) is 1.00. The summed E-state index contributed by atoms with van der Waals surface area (Å²) in [6, 6.07) is 1.36. The van der Waals surface area contributed by atoms with Gasteiger partial charge in [0.15, 0.2) is 0 Å². The standard InChI is InChI=1S/C18H36N2O/c1-18(2,3)15-7-5-14(6-8-15)17(13-19)20(11-12-21-4)16-9-10-16/h14-17H,5-13,19H2,1-4H3. The van der Waals surface area contributed by atoms with E-state index in [1.807, 2.05) is 0 Å². The first-order valence-electron chi connectivity index (χ1n) is 8.92. The monoisotopic (exact) mass is 296 g/mol. The summed E-state index contributed by atoms with van der Waals surface area (Å²) in [4.78, 5) is 2.67. The number of hydrogen-bond acceptors (Lipinski definition) is 3. The lowest BCUT2D eigenvalue weighted by atomic mass is 9.68. The minimum atomic E-state index is 0.468. The topological polar surface area (TPSA) is 38.5 Å². The fourth-order valence-electron chi connectivity index (χ4n) is 4.19. The Morgan fingerprint density at radius 1 is 1.10 bits per heavy atom. The van der Waals surface area contributed by atoms with Crippen LogP contribution in [-0.2, 0) is 4.74 Å². The first-order valence-corrected chi connectivity index (χ1v) is 8.92. The summed E-state index contributed by atoms with van der Waals surface area (Å²) in [7, 11) is 1.80. The van der Waals surface area contributed by atoms with Gasteiger partial charge in [0.05, 0.1) is 6.61 Å². The van der Waals surface area contributed by atoms with E-state index in [4.69, 9.17) is 10.5 Å². The van der Waals surface area contributed by atoms with Gasteiger partial charge in [-0.3, -0.25) is 4.90 Å². The van der Waals surface area contributed by atoms with Gasteiger partial charge in [0.2, 0.25) is 0 Å². The molecule has 0 saturated heterocycles. The van der Waals surface area contributed by atoms with E-state index in [1.54, 1.807) is 7.11 Å². The minimum Gasteiger partial charge on any atom is -0.383 e. The van der Waals surface area contributed by atoms with E-state index in [9.17, 15) is 0 Å². The largest absolute Gasteiger partial charge is 0.383 e. The summed E-state index contributed by atoms with van der Waals surface area (Å²) in [5.41, 5.74) is 6.65. The lowest BCUT2D eigenvalue weighted by Crippen LogP contribution is -2.49. The number of methoxy groups -OCH3 is 1. The fourth-order valence-corrected chi connectivity index (χ4v) is 4.19. The number of rotatable bonds is 7. The second-order valence-electron chi connectivity index (χ2n) is 8.24. The zero-order valence-corrected chi connectivity index (χ0v) is 14.6. The lowest BCUT2D eigenvalue weighted by Gasteiger charge is -2.43. The molecule has 1 unspecified atom stereocenters. The molecule has 3 heteroatoms. The van der Waals surface area contributed by atoms with Crippen LogP contribution in [0, 0.1) is 17.3 Å². The summed E-state index contributed by atoms with van der Waals surface area (Å²) >= 11 is 0. The molecule has 0 amide bonds. The highest BCUT2D eigenvalue weighted by atomic mass is 16.5. The Balaban J connectivity index is 1.91. The molecule has 0 spiro atoms. The third-order valence-corrected chi connectivity index (χ3v) is 5.78. The normalized spacial score (nSPS) is 28.9. The van der Waals surface area contributed by atoms with Crippen molar-refractivity contribution in [3.63, 3.8) is 0 Å². The second kappa shape index (κ2) is 7.43. The average Bonchev–Trinajstić information content (AvgIpc) is 3.27. The lowest BCUT2D eigenvalue weighted by molar-refractivity contribution is 0.0578. The zero-order chi connectivity index (χ0) is 15.5. The third kappa shape index (κ3) is 4.67. The zero-order valence-electron chi connectivity index (χ0n) is 14.6. The quantitative estimate of drug-likeness (QED) is 0.783. The van der Waals surface area contributed by atoms with Crippen LogP contribution in [0.15, 0.2) is 0 Å². The van der Waals surface area contributed by atoms with Crippen molar-refractivity contribution in [3.8, 4) is 0 Å². The van der Waals surface area contributed by atoms with Crippen LogP contribution in [-0.4, -0.2) is 43.8 Å². The maximum Gasteiger partial charge on any atom is 0.0589 e. The van der Waals surface area contributed by atoms with Crippen molar-refractivity contribution in [2.45, 2.75) is 71.4 Å². The highest BCUT2D eigenvalue weighted by Gasteiger charge is 2.39. The molecule has 0 aliphatic heterocycles. The average molecular weight is 296 g/mol. The van der Waals surface area contributed by atoms with Gasteiger partial charge < -0.3 is 10.5 Å². The molecule has 0 aromatic carbocycles. The molecule has 0 aromatic heterocycles. The number of nitrogens with zero attached hydrogens (tertiary/aromatic N) is 1. The highest BCUT2D eigenvalue weighted by molar-refractivity contribution is 4.94. The molecular formula is C18H36N2O. The van der Waals surface area contributed by atoms with Crippen LogP contribution in [0.1, 0.15) is 59.3 Å². The maximum atomic E-state index is 6.18. The van der Waals surface area contributed by atoms with Crippen LogP contribution in [0.5, 0.6) is 0 Å². The molecule has 1 atom stereocenters. The SMILES string of the molecule is COCCN(C1CC1)C(CN)C1CCC(C(C)(C)C)CC1. The first-order chi connectivity index (χ1) is 9.97. The molecule has 124 valence electrons. The highest BCUT2D eigenvalue weighted by Crippen LogP contribution is 2.42. The molecular weight excluding hydrogens is 260 g/mol. The van der Waals surface area contributed by atoms with E-state index >= 15 is 0 Å². The smallest absolute Gasteiger partial charge is 0.0589 e. The predicted molar refractivity (Wildman–Crippen MR) is 89.3 cm³/mol. The van der Waals surface area contributed by atoms with Crippen molar-refractivity contribution in [1.29, 1.82) is 0 Å². The molecule has 0 bridgehead atoms. The Bertz CT molecular complexity index is 301. The Morgan fingerprint density at radius 2 is 1.71 bits per heavy atom. The third-order valence-electron chi connectivity index (χ3n) is 5.78. The molecule has 2 aliphatic carbocycles. The van der Waals surface area contributed by atoms with Gasteiger partial charge in [0, 0.05) is 32.3 Å². The van der Waals surface area contributed by atoms with Crippen molar-refractivity contribution < 1.29 is 4.74 Å². The predicted octanol–water partition coefficient (Wildman–Crippen LogP) is 3.28. The van der Waals surface area contributed by atoms with Gasteiger partial charge >= 0.3 is 0 Å². The maximum absolute atomic E-state index is 6.18. The Hall–Kier alpha value is -0.120. The Kier molecular flexibility index (Phi) is 6.10. The molecule has 2 saturated carbocycles. The van der Waals surface area contributed by atoms with Crippen molar-refractivity contribution >= 4 is 0 Å². The van der Waals surface area contributed by atoms with E-state index in [2.05, 4.69) is 25.7 Å². The Morgan fingerprint density at radius 3 is 2.14 bits per heavy atom. The molecule has 0 heterocycles. The molecule has 2 rings (SSSR count). The van der Waals surface area contributed by atoms with E-state index < -0.39 is 0 Å². The molecule has 21 heavy (non-hydrogen) atoms. The Labute approximate surface area is 131 Å². The van der Waals surface area contributed by atoms with Crippen LogP contribution in [0.2, 0.25) is 0 Å². The summed E-state index contributed by atoms with van der Waals surface area (Å²) in [5.74, 6) is 1.69. The molecule has 0 aromatic rings. The van der Waals surface area contributed by atoms with Crippen LogP contribution in [0.4, 0.5) is 0 Å². The van der Waals surface area contributed by atoms with Gasteiger partial charge in [0.25, 0.3) is 0 Å². The van der Waals surface area contributed by atoms with Crippen molar-refractivity contribution in [2.24, 2.45) is 23.0 Å². The van der Waals surface area contributed by atoms with Gasteiger partial charge in [-0.25, -0.2) is 0 Å². The van der Waals surface area contributed by atoms with Crippen LogP contribution in [0.25, 0.3) is 0 Å². The van der Waals surface area contributed by atoms with E-state index in [0.29, 0.717) is 11.5 Å². The summed E-state index contributed by atoms with van der Waals surface area (Å²) in [6.07, 6.45) is 8.20. The number of nitrogens with two attached hydrogens (primary N) is 1. The van der Waals surface area contributed by atoms with Gasteiger partial charge in [-0.05, 0) is 55.8 Å². The van der Waals surface area contributed by atoms with Gasteiger partial charge in [-0.2, -0.15) is 0 Å². The van der Waals surface area contributed by atoms with Gasteiger partial charge in [0.1, 0.15) is 0 Å².